The van der Waals surface area contributed by atoms with Crippen LogP contribution in [-0.4, -0.2) is 51.3 Å². The number of fused-ring (bicyclic) bond motifs is 3. The number of phenols is 2. The molecule has 2 amide bonds. The van der Waals surface area contributed by atoms with E-state index in [2.05, 4.69) is 0 Å². The first kappa shape index (κ1) is 27.2. The van der Waals surface area contributed by atoms with Gasteiger partial charge in [-0.05, 0) is 68.5 Å². The van der Waals surface area contributed by atoms with Crippen molar-refractivity contribution in [3.05, 3.63) is 82.0 Å². The maximum Gasteiger partial charge on any atom is 0.339 e. The van der Waals surface area contributed by atoms with Gasteiger partial charge in [0.05, 0.1) is 24.1 Å². The number of allylic oxidation sites excluding steroid dienone is 6. The van der Waals surface area contributed by atoms with E-state index >= 15 is 0 Å². The van der Waals surface area contributed by atoms with E-state index in [-0.39, 0.29) is 47.2 Å². The average molecular weight is 570 g/mol. The van der Waals surface area contributed by atoms with Crippen LogP contribution in [0.2, 0.25) is 0 Å². The third-order valence-electron chi connectivity index (χ3n) is 8.65. The van der Waals surface area contributed by atoms with E-state index < -0.39 is 47.2 Å². The number of amides is 2. The molecular weight excluding hydrogens is 542 g/mol. The van der Waals surface area contributed by atoms with Crippen LogP contribution in [0, 0.1) is 17.8 Å². The molecule has 4 aliphatic rings. The molecule has 42 heavy (non-hydrogen) atoms. The number of Topliss-reactive ketones (excluding diaryl/α,β-unsaturated/α-hetero) is 1. The zero-order chi connectivity index (χ0) is 30.0. The quantitative estimate of drug-likeness (QED) is 0.276. The van der Waals surface area contributed by atoms with Gasteiger partial charge in [-0.3, -0.25) is 19.2 Å². The highest BCUT2D eigenvalue weighted by atomic mass is 16.5. The van der Waals surface area contributed by atoms with Gasteiger partial charge in [-0.25, -0.2) is 9.69 Å². The third-order valence-corrected chi connectivity index (χ3v) is 8.65. The number of imide groups is 1. The first-order valence-electron chi connectivity index (χ1n) is 13.6. The summed E-state index contributed by atoms with van der Waals surface area (Å²) in [6.45, 7) is 3.63. The third kappa shape index (κ3) is 3.97. The number of aromatic carboxylic acids is 1. The summed E-state index contributed by atoms with van der Waals surface area (Å²) in [6.07, 6.45) is 3.50. The van der Waals surface area contributed by atoms with E-state index in [0.717, 1.165) is 22.6 Å². The summed E-state index contributed by atoms with van der Waals surface area (Å²) >= 11 is 0. The molecule has 0 bridgehead atoms. The Morgan fingerprint density at radius 3 is 2.45 bits per heavy atom. The number of carbonyl (C=O) groups excluding carboxylic acids is 4. The van der Waals surface area contributed by atoms with Crippen molar-refractivity contribution in [2.45, 2.75) is 32.6 Å². The standard InChI is InChI=1S/C32H27NO9/c1-3-42-25-11-15(4-9-22(25)34)26-17-7-8-19-27(20(17)13-21-28(26)24(36)10-14(2)29(21)37)31(39)33(30(19)38)16-5-6-18(32(40)41)23(35)12-16/h4-7,9-12,19-20,26-27,34-35H,3,8,13H2,1-2H3,(H,40,41)/t19-,20+,26-,27-/m0/s1. The molecule has 3 aliphatic carbocycles. The molecule has 214 valence electrons. The average Bonchev–Trinajstić information content (AvgIpc) is 3.21. The van der Waals surface area contributed by atoms with E-state index in [1.807, 2.05) is 6.08 Å². The molecule has 2 aromatic carbocycles. The van der Waals surface area contributed by atoms with Crippen LogP contribution in [0.15, 0.2) is 70.8 Å². The molecule has 1 aliphatic heterocycles. The normalized spacial score (nSPS) is 25.0. The molecule has 1 heterocycles. The number of rotatable bonds is 5. The number of nitrogens with zero attached hydrogens (tertiary/aromatic N) is 1. The van der Waals surface area contributed by atoms with Crippen molar-refractivity contribution in [2.75, 3.05) is 11.5 Å². The maximum atomic E-state index is 14.0. The maximum absolute atomic E-state index is 14.0. The zero-order valence-corrected chi connectivity index (χ0v) is 22.8. The molecule has 1 fully saturated rings. The molecule has 0 aromatic heterocycles. The zero-order valence-electron chi connectivity index (χ0n) is 22.8. The van der Waals surface area contributed by atoms with Crippen molar-refractivity contribution in [1.29, 1.82) is 0 Å². The Labute approximate surface area is 240 Å². The summed E-state index contributed by atoms with van der Waals surface area (Å²) in [6, 6.07) is 8.27. The Kier molecular flexibility index (Phi) is 6.36. The predicted molar refractivity (Wildman–Crippen MR) is 148 cm³/mol. The Morgan fingerprint density at radius 2 is 1.76 bits per heavy atom. The van der Waals surface area contributed by atoms with Crippen LogP contribution in [-0.2, 0) is 19.2 Å². The SMILES string of the molecule is CCOc1cc([C@H]2C3=CC[C@@H]4C(=O)N(c5ccc(C(=O)O)c(O)c5)C(=O)[C@@H]4[C@@H]3CC3=C2C(=O)C=C(C)C3=O)ccc1O. The summed E-state index contributed by atoms with van der Waals surface area (Å²) in [5.41, 5.74) is 1.96. The van der Waals surface area contributed by atoms with Gasteiger partial charge in [-0.15, -0.1) is 0 Å². The fourth-order valence-electron chi connectivity index (χ4n) is 6.84. The van der Waals surface area contributed by atoms with Crippen LogP contribution in [0.1, 0.15) is 48.5 Å². The van der Waals surface area contributed by atoms with Crippen LogP contribution in [0.3, 0.4) is 0 Å². The molecule has 0 radical (unpaired) electrons. The van der Waals surface area contributed by atoms with Crippen LogP contribution < -0.4 is 9.64 Å². The number of aromatic hydroxyl groups is 2. The lowest BCUT2D eigenvalue weighted by Gasteiger charge is -2.42. The number of carboxylic acid groups (broad SMARTS) is 1. The van der Waals surface area contributed by atoms with E-state index in [4.69, 9.17) is 4.74 Å². The van der Waals surface area contributed by atoms with Gasteiger partial charge in [0, 0.05) is 28.7 Å². The molecular formula is C32H27NO9. The number of anilines is 1. The molecule has 1 saturated heterocycles. The lowest BCUT2D eigenvalue weighted by molar-refractivity contribution is -0.123. The number of ether oxygens (including phenoxy) is 1. The summed E-state index contributed by atoms with van der Waals surface area (Å²) in [5.74, 6) is -6.23. The first-order valence-corrected chi connectivity index (χ1v) is 13.6. The van der Waals surface area contributed by atoms with Gasteiger partial charge in [-0.2, -0.15) is 0 Å². The number of carbonyl (C=O) groups is 5. The lowest BCUT2D eigenvalue weighted by atomic mass is 9.59. The first-order chi connectivity index (χ1) is 20.0. The highest BCUT2D eigenvalue weighted by Gasteiger charge is 2.56. The van der Waals surface area contributed by atoms with Crippen LogP contribution in [0.5, 0.6) is 17.2 Å². The van der Waals surface area contributed by atoms with Gasteiger partial charge in [0.25, 0.3) is 0 Å². The topological polar surface area (TPSA) is 159 Å². The van der Waals surface area contributed by atoms with Crippen molar-refractivity contribution in [1.82, 2.24) is 0 Å². The molecule has 2 aromatic rings. The van der Waals surface area contributed by atoms with Gasteiger partial charge in [0.15, 0.2) is 23.1 Å². The van der Waals surface area contributed by atoms with Gasteiger partial charge in [0.1, 0.15) is 11.3 Å². The van der Waals surface area contributed by atoms with Crippen LogP contribution in [0.4, 0.5) is 5.69 Å². The minimum Gasteiger partial charge on any atom is -0.507 e. The predicted octanol–water partition coefficient (Wildman–Crippen LogP) is 3.83. The Hall–Kier alpha value is -4.99. The summed E-state index contributed by atoms with van der Waals surface area (Å²) < 4.78 is 5.59. The van der Waals surface area contributed by atoms with Crippen molar-refractivity contribution >= 4 is 35.0 Å². The minimum absolute atomic E-state index is 0.0540. The van der Waals surface area contributed by atoms with Crippen molar-refractivity contribution in [2.24, 2.45) is 17.8 Å². The highest BCUT2D eigenvalue weighted by molar-refractivity contribution is 6.25. The summed E-state index contributed by atoms with van der Waals surface area (Å²) in [5, 5.41) is 29.8. The van der Waals surface area contributed by atoms with Crippen molar-refractivity contribution in [3.63, 3.8) is 0 Å². The van der Waals surface area contributed by atoms with Gasteiger partial charge >= 0.3 is 5.97 Å². The largest absolute Gasteiger partial charge is 0.507 e. The minimum atomic E-state index is -1.35. The number of carboxylic acids is 1. The lowest BCUT2D eigenvalue weighted by Crippen LogP contribution is -2.39. The Bertz CT molecular complexity index is 1710. The second-order valence-electron chi connectivity index (χ2n) is 10.9. The fraction of sp³-hybridized carbons (Fsp3) is 0.281. The van der Waals surface area contributed by atoms with Crippen LogP contribution >= 0.6 is 0 Å². The molecule has 6 rings (SSSR count). The molecule has 0 saturated carbocycles. The van der Waals surface area contributed by atoms with E-state index in [1.165, 1.54) is 18.2 Å². The second kappa shape index (κ2) is 9.83. The van der Waals surface area contributed by atoms with Gasteiger partial charge < -0.3 is 20.1 Å². The summed E-state index contributed by atoms with van der Waals surface area (Å²) in [7, 11) is 0. The molecule has 10 nitrogen and oxygen atoms in total. The highest BCUT2D eigenvalue weighted by Crippen LogP contribution is 2.56. The van der Waals surface area contributed by atoms with Crippen LogP contribution in [0.25, 0.3) is 0 Å². The van der Waals surface area contributed by atoms with Crippen molar-refractivity contribution in [3.8, 4) is 17.2 Å². The van der Waals surface area contributed by atoms with Gasteiger partial charge in [-0.1, -0.05) is 17.7 Å². The monoisotopic (exact) mass is 569 g/mol. The number of phenolic OH excluding ortho intramolecular Hbond substituents is 1. The van der Waals surface area contributed by atoms with E-state index in [1.54, 1.807) is 26.0 Å². The van der Waals surface area contributed by atoms with E-state index in [0.29, 0.717) is 28.9 Å². The molecule has 0 unspecified atom stereocenters. The number of hydrogen-bond donors (Lipinski definition) is 3. The number of ketones is 2. The summed E-state index contributed by atoms with van der Waals surface area (Å²) in [4.78, 5) is 66.8. The number of hydrogen-bond acceptors (Lipinski definition) is 8. The van der Waals surface area contributed by atoms with Gasteiger partial charge in [0.2, 0.25) is 11.8 Å². The Balaban J connectivity index is 1.46. The van der Waals surface area contributed by atoms with Crippen molar-refractivity contribution < 1.29 is 44.0 Å². The second-order valence-corrected chi connectivity index (χ2v) is 10.9. The smallest absolute Gasteiger partial charge is 0.339 e. The van der Waals surface area contributed by atoms with E-state index in [9.17, 15) is 39.3 Å². The Morgan fingerprint density at radius 1 is 1.00 bits per heavy atom. The molecule has 3 N–H and O–H groups in total. The fourth-order valence-corrected chi connectivity index (χ4v) is 6.84. The molecule has 0 spiro atoms. The molecule has 4 atom stereocenters. The number of benzene rings is 2. The molecule has 10 heteroatoms.